The Bertz CT molecular complexity index is 865. The number of nitrogens with zero attached hydrogens (tertiary/aromatic N) is 1. The molecule has 1 heterocycles. The second kappa shape index (κ2) is 8.26. The zero-order valence-electron chi connectivity index (χ0n) is 14.7. The predicted octanol–water partition coefficient (Wildman–Crippen LogP) is 2.44. The summed E-state index contributed by atoms with van der Waals surface area (Å²) in [5.41, 5.74) is 2.41. The van der Waals surface area contributed by atoms with Crippen LogP contribution >= 0.6 is 0 Å². The summed E-state index contributed by atoms with van der Waals surface area (Å²) in [4.78, 5) is 2.24. The molecule has 1 saturated heterocycles. The molecule has 0 atom stereocenters. The maximum atomic E-state index is 13.6. The van der Waals surface area contributed by atoms with Crippen molar-refractivity contribution < 1.29 is 17.5 Å². The summed E-state index contributed by atoms with van der Waals surface area (Å²) in [6.07, 6.45) is 0. The van der Waals surface area contributed by atoms with Gasteiger partial charge in [-0.3, -0.25) is 4.90 Å². The normalized spacial score (nSPS) is 15.9. The first kappa shape index (κ1) is 19.0. The maximum absolute atomic E-state index is 13.6. The lowest BCUT2D eigenvalue weighted by molar-refractivity contribution is 0.0342. The van der Waals surface area contributed by atoms with E-state index in [9.17, 15) is 12.8 Å². The van der Waals surface area contributed by atoms with E-state index in [1.54, 1.807) is 6.92 Å². The molecule has 0 aromatic heterocycles. The first-order chi connectivity index (χ1) is 12.4. The van der Waals surface area contributed by atoms with Crippen LogP contribution in [-0.4, -0.2) is 39.6 Å². The molecule has 0 saturated carbocycles. The molecule has 7 heteroatoms. The fraction of sp³-hybridized carbons (Fsp3) is 0.368. The molecule has 0 radical (unpaired) electrons. The molecule has 1 aliphatic heterocycles. The highest BCUT2D eigenvalue weighted by Crippen LogP contribution is 2.15. The number of sulfonamides is 1. The molecular formula is C19H23FN2O3S. The molecule has 1 fully saturated rings. The van der Waals surface area contributed by atoms with Crippen LogP contribution in [0.3, 0.4) is 0 Å². The molecule has 0 spiro atoms. The third-order valence-corrected chi connectivity index (χ3v) is 5.82. The maximum Gasteiger partial charge on any atom is 0.240 e. The van der Waals surface area contributed by atoms with Gasteiger partial charge in [-0.2, -0.15) is 0 Å². The minimum atomic E-state index is -3.75. The largest absolute Gasteiger partial charge is 0.379 e. The molecule has 1 N–H and O–H groups in total. The number of nitrogens with one attached hydrogen (secondary N) is 1. The summed E-state index contributed by atoms with van der Waals surface area (Å²) in [7, 11) is -3.75. The minimum absolute atomic E-state index is 0.0647. The Hall–Kier alpha value is -1.80. The van der Waals surface area contributed by atoms with Gasteiger partial charge in [-0.1, -0.05) is 30.3 Å². The molecule has 0 bridgehead atoms. The third kappa shape index (κ3) is 4.88. The molecule has 0 aliphatic carbocycles. The number of hydrogen-bond donors (Lipinski definition) is 1. The van der Waals surface area contributed by atoms with E-state index < -0.39 is 15.8 Å². The second-order valence-electron chi connectivity index (χ2n) is 6.44. The van der Waals surface area contributed by atoms with Gasteiger partial charge in [0, 0.05) is 26.2 Å². The molecule has 26 heavy (non-hydrogen) atoms. The molecule has 0 amide bonds. The van der Waals surface area contributed by atoms with Gasteiger partial charge in [-0.15, -0.1) is 0 Å². The number of benzene rings is 2. The summed E-state index contributed by atoms with van der Waals surface area (Å²) in [5.74, 6) is -0.527. The summed E-state index contributed by atoms with van der Waals surface area (Å²) >= 11 is 0. The van der Waals surface area contributed by atoms with Gasteiger partial charge < -0.3 is 4.74 Å². The van der Waals surface area contributed by atoms with Crippen LogP contribution in [0, 0.1) is 12.7 Å². The van der Waals surface area contributed by atoms with Gasteiger partial charge >= 0.3 is 0 Å². The van der Waals surface area contributed by atoms with E-state index in [-0.39, 0.29) is 11.4 Å². The third-order valence-electron chi connectivity index (χ3n) is 4.42. The Morgan fingerprint density at radius 3 is 2.58 bits per heavy atom. The Kier molecular flexibility index (Phi) is 6.03. The Morgan fingerprint density at radius 1 is 1.12 bits per heavy atom. The molecule has 2 aromatic carbocycles. The van der Waals surface area contributed by atoms with E-state index in [1.165, 1.54) is 12.1 Å². The average molecular weight is 378 g/mol. The molecule has 0 unspecified atom stereocenters. The van der Waals surface area contributed by atoms with Crippen molar-refractivity contribution in [2.24, 2.45) is 0 Å². The Labute approximate surface area is 153 Å². The van der Waals surface area contributed by atoms with Crippen molar-refractivity contribution in [2.45, 2.75) is 24.9 Å². The number of morpholine rings is 1. The molecule has 1 aliphatic rings. The molecule has 140 valence electrons. The van der Waals surface area contributed by atoms with Crippen LogP contribution in [0.25, 0.3) is 0 Å². The van der Waals surface area contributed by atoms with Gasteiger partial charge in [0.1, 0.15) is 5.82 Å². The number of halogens is 1. The van der Waals surface area contributed by atoms with Crippen molar-refractivity contribution >= 4 is 10.0 Å². The van der Waals surface area contributed by atoms with E-state index in [2.05, 4.69) is 9.62 Å². The van der Waals surface area contributed by atoms with E-state index in [0.717, 1.165) is 50.0 Å². The number of ether oxygens (including phenoxy) is 1. The van der Waals surface area contributed by atoms with Gasteiger partial charge in [0.15, 0.2) is 0 Å². The van der Waals surface area contributed by atoms with Crippen LogP contribution in [0.1, 0.15) is 16.7 Å². The van der Waals surface area contributed by atoms with Crippen molar-refractivity contribution in [1.82, 2.24) is 9.62 Å². The molecule has 2 aromatic rings. The van der Waals surface area contributed by atoms with Gasteiger partial charge in [0.05, 0.1) is 18.1 Å². The predicted molar refractivity (Wildman–Crippen MR) is 97.7 cm³/mol. The van der Waals surface area contributed by atoms with Crippen molar-refractivity contribution in [3.63, 3.8) is 0 Å². The first-order valence-corrected chi connectivity index (χ1v) is 10.1. The second-order valence-corrected chi connectivity index (χ2v) is 8.21. The number of rotatable bonds is 6. The lowest BCUT2D eigenvalue weighted by atomic mass is 10.1. The SMILES string of the molecule is Cc1ccc(S(=O)(=O)NCc2cccc(CN3CCOCC3)c2)cc1F. The number of hydrogen-bond acceptors (Lipinski definition) is 4. The average Bonchev–Trinajstić information content (AvgIpc) is 2.63. The summed E-state index contributed by atoms with van der Waals surface area (Å²) in [6, 6.07) is 11.7. The molecule has 3 rings (SSSR count). The molecular weight excluding hydrogens is 355 g/mol. The molecule has 5 nitrogen and oxygen atoms in total. The minimum Gasteiger partial charge on any atom is -0.379 e. The summed E-state index contributed by atoms with van der Waals surface area (Å²) < 4.78 is 46.3. The lowest BCUT2D eigenvalue weighted by Gasteiger charge is -2.26. The van der Waals surface area contributed by atoms with Crippen LogP contribution in [-0.2, 0) is 27.8 Å². The quantitative estimate of drug-likeness (QED) is 0.839. The highest BCUT2D eigenvalue weighted by molar-refractivity contribution is 7.89. The monoisotopic (exact) mass is 378 g/mol. The van der Waals surface area contributed by atoms with Crippen molar-refractivity contribution in [3.05, 3.63) is 65.0 Å². The van der Waals surface area contributed by atoms with Gasteiger partial charge in [-0.05, 0) is 35.7 Å². The summed E-state index contributed by atoms with van der Waals surface area (Å²) in [5, 5.41) is 0. The zero-order chi connectivity index (χ0) is 18.6. The van der Waals surface area contributed by atoms with Gasteiger partial charge in [0.25, 0.3) is 0 Å². The van der Waals surface area contributed by atoms with Crippen LogP contribution in [0.4, 0.5) is 4.39 Å². The zero-order valence-corrected chi connectivity index (χ0v) is 15.6. The van der Waals surface area contributed by atoms with Gasteiger partial charge in [0.2, 0.25) is 10.0 Å². The smallest absolute Gasteiger partial charge is 0.240 e. The van der Waals surface area contributed by atoms with Crippen LogP contribution < -0.4 is 4.72 Å². The van der Waals surface area contributed by atoms with E-state index in [0.29, 0.717) is 5.56 Å². The Morgan fingerprint density at radius 2 is 1.85 bits per heavy atom. The van der Waals surface area contributed by atoms with Crippen molar-refractivity contribution in [1.29, 1.82) is 0 Å². The van der Waals surface area contributed by atoms with Crippen LogP contribution in [0.2, 0.25) is 0 Å². The van der Waals surface area contributed by atoms with Crippen molar-refractivity contribution in [2.75, 3.05) is 26.3 Å². The van der Waals surface area contributed by atoms with E-state index in [1.807, 2.05) is 24.3 Å². The van der Waals surface area contributed by atoms with Crippen molar-refractivity contribution in [3.8, 4) is 0 Å². The van der Waals surface area contributed by atoms with Gasteiger partial charge in [-0.25, -0.2) is 17.5 Å². The Balaban J connectivity index is 1.65. The van der Waals surface area contributed by atoms with E-state index >= 15 is 0 Å². The highest BCUT2D eigenvalue weighted by Gasteiger charge is 2.16. The topological polar surface area (TPSA) is 58.6 Å². The fourth-order valence-electron chi connectivity index (χ4n) is 2.86. The number of aryl methyl sites for hydroxylation is 1. The first-order valence-electron chi connectivity index (χ1n) is 8.58. The summed E-state index contributed by atoms with van der Waals surface area (Å²) in [6.45, 7) is 5.85. The standard InChI is InChI=1S/C19H23FN2O3S/c1-15-5-6-18(12-19(15)20)26(23,24)21-13-16-3-2-4-17(11-16)14-22-7-9-25-10-8-22/h2-6,11-12,21H,7-10,13-14H2,1H3. The fourth-order valence-corrected chi connectivity index (χ4v) is 3.89. The highest BCUT2D eigenvalue weighted by atomic mass is 32.2. The van der Waals surface area contributed by atoms with E-state index in [4.69, 9.17) is 4.74 Å². The van der Waals surface area contributed by atoms with Crippen LogP contribution in [0.5, 0.6) is 0 Å². The van der Waals surface area contributed by atoms with Crippen LogP contribution in [0.15, 0.2) is 47.4 Å². The lowest BCUT2D eigenvalue weighted by Crippen LogP contribution is -2.35.